The highest BCUT2D eigenvalue weighted by Gasteiger charge is 2.15. The zero-order valence-corrected chi connectivity index (χ0v) is 15.3. The highest BCUT2D eigenvalue weighted by atomic mass is 35.5. The molecule has 0 aliphatic rings. The van der Waals surface area contributed by atoms with E-state index < -0.39 is 11.3 Å². The zero-order chi connectivity index (χ0) is 18.4. The van der Waals surface area contributed by atoms with Crippen molar-refractivity contribution in [3.8, 4) is 5.69 Å². The van der Waals surface area contributed by atoms with Gasteiger partial charge in [0, 0.05) is 24.9 Å². The molecule has 134 valence electrons. The molecule has 2 rings (SSSR count). The minimum absolute atomic E-state index is 0.150. The molecule has 0 aliphatic heterocycles. The standard InChI is InChI=1S/C18H22ClN3O3/c1-12(2)25-10-6-9-20-18(24)17-16(23)11-13(3)22(21-17)15-8-5-4-7-14(15)19/h4-5,7-8,11-12H,6,9-10H2,1-3H3,(H,20,24). The van der Waals surface area contributed by atoms with E-state index in [1.54, 1.807) is 25.1 Å². The van der Waals surface area contributed by atoms with Gasteiger partial charge < -0.3 is 10.1 Å². The number of amides is 1. The predicted molar refractivity (Wildman–Crippen MR) is 97.6 cm³/mol. The second kappa shape index (κ2) is 8.78. The SMILES string of the molecule is Cc1cc(=O)c(C(=O)NCCCOC(C)C)nn1-c1ccccc1Cl. The van der Waals surface area contributed by atoms with Crippen LogP contribution < -0.4 is 10.7 Å². The van der Waals surface area contributed by atoms with Crippen LogP contribution in [0.4, 0.5) is 0 Å². The summed E-state index contributed by atoms with van der Waals surface area (Å²) in [5, 5.41) is 7.39. The van der Waals surface area contributed by atoms with Crippen LogP contribution in [0.5, 0.6) is 0 Å². The first-order chi connectivity index (χ1) is 11.9. The van der Waals surface area contributed by atoms with E-state index in [1.165, 1.54) is 10.7 Å². The van der Waals surface area contributed by atoms with Crippen molar-refractivity contribution in [2.75, 3.05) is 13.2 Å². The number of aromatic nitrogens is 2. The molecule has 2 aromatic rings. The fourth-order valence-electron chi connectivity index (χ4n) is 2.25. The normalized spacial score (nSPS) is 10.9. The number of para-hydroxylation sites is 1. The van der Waals surface area contributed by atoms with Crippen molar-refractivity contribution < 1.29 is 9.53 Å². The van der Waals surface area contributed by atoms with Gasteiger partial charge in [0.25, 0.3) is 5.91 Å². The molecule has 0 atom stereocenters. The van der Waals surface area contributed by atoms with Gasteiger partial charge in [0.1, 0.15) is 0 Å². The lowest BCUT2D eigenvalue weighted by Crippen LogP contribution is -2.33. The van der Waals surface area contributed by atoms with Gasteiger partial charge in [0.05, 0.1) is 16.8 Å². The van der Waals surface area contributed by atoms with Crippen molar-refractivity contribution in [3.05, 3.63) is 57.0 Å². The van der Waals surface area contributed by atoms with Gasteiger partial charge in [-0.2, -0.15) is 5.10 Å². The summed E-state index contributed by atoms with van der Waals surface area (Å²) in [6, 6.07) is 8.50. The first kappa shape index (κ1) is 19.1. The van der Waals surface area contributed by atoms with Gasteiger partial charge in [-0.1, -0.05) is 23.7 Å². The summed E-state index contributed by atoms with van der Waals surface area (Å²) in [6.45, 7) is 6.59. The summed E-state index contributed by atoms with van der Waals surface area (Å²) in [6.07, 6.45) is 0.811. The van der Waals surface area contributed by atoms with Crippen molar-refractivity contribution in [2.45, 2.75) is 33.3 Å². The van der Waals surface area contributed by atoms with Crippen molar-refractivity contribution in [2.24, 2.45) is 0 Å². The summed E-state index contributed by atoms with van der Waals surface area (Å²) in [5.41, 5.74) is 0.632. The Morgan fingerprint density at radius 1 is 1.36 bits per heavy atom. The summed E-state index contributed by atoms with van der Waals surface area (Å²) >= 11 is 6.19. The number of carbonyl (C=O) groups is 1. The minimum atomic E-state index is -0.504. The number of halogens is 1. The monoisotopic (exact) mass is 363 g/mol. The Bertz CT molecular complexity index is 802. The zero-order valence-electron chi connectivity index (χ0n) is 14.6. The third kappa shape index (κ3) is 5.14. The molecule has 7 heteroatoms. The van der Waals surface area contributed by atoms with Gasteiger partial charge in [0.15, 0.2) is 5.69 Å². The summed E-state index contributed by atoms with van der Waals surface area (Å²) in [5.74, 6) is -0.504. The van der Waals surface area contributed by atoms with Crippen LogP contribution in [0.2, 0.25) is 5.02 Å². The van der Waals surface area contributed by atoms with Crippen molar-refractivity contribution in [1.29, 1.82) is 0 Å². The Morgan fingerprint density at radius 3 is 2.76 bits per heavy atom. The van der Waals surface area contributed by atoms with Crippen LogP contribution in [0.1, 0.15) is 36.5 Å². The Morgan fingerprint density at radius 2 is 2.08 bits per heavy atom. The van der Waals surface area contributed by atoms with Crippen molar-refractivity contribution in [1.82, 2.24) is 15.1 Å². The van der Waals surface area contributed by atoms with E-state index in [0.29, 0.717) is 36.0 Å². The molecule has 0 saturated carbocycles. The lowest BCUT2D eigenvalue weighted by atomic mass is 10.2. The molecule has 25 heavy (non-hydrogen) atoms. The Hall–Kier alpha value is -2.18. The number of aryl methyl sites for hydroxylation is 1. The van der Waals surface area contributed by atoms with Gasteiger partial charge in [-0.3, -0.25) is 9.59 Å². The second-order valence-electron chi connectivity index (χ2n) is 5.89. The maximum absolute atomic E-state index is 12.3. The smallest absolute Gasteiger partial charge is 0.275 e. The number of benzene rings is 1. The molecule has 6 nitrogen and oxygen atoms in total. The molecule has 0 bridgehead atoms. The topological polar surface area (TPSA) is 73.2 Å². The van der Waals surface area contributed by atoms with E-state index in [9.17, 15) is 9.59 Å². The van der Waals surface area contributed by atoms with E-state index in [4.69, 9.17) is 16.3 Å². The molecule has 0 fully saturated rings. The van der Waals surface area contributed by atoms with E-state index in [-0.39, 0.29) is 11.8 Å². The lowest BCUT2D eigenvalue weighted by molar-refractivity contribution is 0.0756. The van der Waals surface area contributed by atoms with E-state index in [0.717, 1.165) is 0 Å². The van der Waals surface area contributed by atoms with Gasteiger partial charge >= 0.3 is 0 Å². The highest BCUT2D eigenvalue weighted by Crippen LogP contribution is 2.19. The number of carbonyl (C=O) groups excluding carboxylic acids is 1. The molecule has 1 aromatic carbocycles. The Balaban J connectivity index is 2.16. The number of ether oxygens (including phenoxy) is 1. The molecule has 1 amide bonds. The van der Waals surface area contributed by atoms with Crippen LogP contribution in [0, 0.1) is 6.92 Å². The Labute approximate surface area is 151 Å². The average Bonchev–Trinajstić information content (AvgIpc) is 2.55. The van der Waals surface area contributed by atoms with Crippen LogP contribution in [0.3, 0.4) is 0 Å². The van der Waals surface area contributed by atoms with Crippen LogP contribution in [0.25, 0.3) is 5.69 Å². The van der Waals surface area contributed by atoms with E-state index in [2.05, 4.69) is 10.4 Å². The van der Waals surface area contributed by atoms with E-state index >= 15 is 0 Å². The number of hydrogen-bond donors (Lipinski definition) is 1. The molecule has 1 N–H and O–H groups in total. The van der Waals surface area contributed by atoms with Gasteiger partial charge in [-0.25, -0.2) is 4.68 Å². The van der Waals surface area contributed by atoms with Crippen molar-refractivity contribution in [3.63, 3.8) is 0 Å². The summed E-state index contributed by atoms with van der Waals surface area (Å²) < 4.78 is 6.91. The quantitative estimate of drug-likeness (QED) is 0.768. The second-order valence-corrected chi connectivity index (χ2v) is 6.30. The number of nitrogens with one attached hydrogen (secondary N) is 1. The molecular formula is C18H22ClN3O3. The summed E-state index contributed by atoms with van der Waals surface area (Å²) in [4.78, 5) is 24.4. The highest BCUT2D eigenvalue weighted by molar-refractivity contribution is 6.32. The van der Waals surface area contributed by atoms with Crippen LogP contribution in [-0.2, 0) is 4.74 Å². The molecule has 0 radical (unpaired) electrons. The first-order valence-electron chi connectivity index (χ1n) is 8.16. The molecule has 1 aromatic heterocycles. The Kier molecular flexibility index (Phi) is 6.73. The van der Waals surface area contributed by atoms with Crippen LogP contribution in [0.15, 0.2) is 35.1 Å². The number of nitrogens with zero attached hydrogens (tertiary/aromatic N) is 2. The van der Waals surface area contributed by atoms with Gasteiger partial charge in [-0.15, -0.1) is 0 Å². The molecule has 0 aliphatic carbocycles. The van der Waals surface area contributed by atoms with Crippen LogP contribution in [-0.4, -0.2) is 34.9 Å². The van der Waals surface area contributed by atoms with Crippen molar-refractivity contribution >= 4 is 17.5 Å². The first-order valence-corrected chi connectivity index (χ1v) is 8.53. The molecule has 1 heterocycles. The van der Waals surface area contributed by atoms with E-state index in [1.807, 2.05) is 19.9 Å². The lowest BCUT2D eigenvalue weighted by Gasteiger charge is -2.12. The molecular weight excluding hydrogens is 342 g/mol. The van der Waals surface area contributed by atoms with Crippen LogP contribution >= 0.6 is 11.6 Å². The minimum Gasteiger partial charge on any atom is -0.379 e. The third-order valence-corrected chi connectivity index (χ3v) is 3.78. The number of rotatable bonds is 7. The molecule has 0 saturated heterocycles. The fourth-order valence-corrected chi connectivity index (χ4v) is 2.46. The van der Waals surface area contributed by atoms with Gasteiger partial charge in [-0.05, 0) is 39.3 Å². The fraction of sp³-hybridized carbons (Fsp3) is 0.389. The predicted octanol–water partition coefficient (Wildman–Crippen LogP) is 2.74. The largest absolute Gasteiger partial charge is 0.379 e. The summed E-state index contributed by atoms with van der Waals surface area (Å²) in [7, 11) is 0. The maximum Gasteiger partial charge on any atom is 0.275 e. The molecule has 0 spiro atoms. The number of hydrogen-bond acceptors (Lipinski definition) is 4. The molecule has 0 unspecified atom stereocenters. The average molecular weight is 364 g/mol. The van der Waals surface area contributed by atoms with Gasteiger partial charge in [0.2, 0.25) is 5.43 Å². The third-order valence-electron chi connectivity index (χ3n) is 3.46. The maximum atomic E-state index is 12.3.